The van der Waals surface area contributed by atoms with Crippen molar-refractivity contribution in [3.8, 4) is 0 Å². The first kappa shape index (κ1) is 17.7. The Bertz CT molecular complexity index is 949. The molecular weight excluding hydrogens is 339 g/mol. The fraction of sp³-hybridized carbons (Fsp3) is 0.261. The maximum Gasteiger partial charge on any atom is 0.227 e. The van der Waals surface area contributed by atoms with E-state index in [9.17, 15) is 9.18 Å². The van der Waals surface area contributed by atoms with Crippen molar-refractivity contribution >= 4 is 22.4 Å². The van der Waals surface area contributed by atoms with Crippen LogP contribution < -0.4 is 10.2 Å². The fourth-order valence-corrected chi connectivity index (χ4v) is 3.87. The SMILES string of the molecule is C[C@@H](NCC1CC(=O)N(c2ccc(F)cc2)C1)c1cccc2ccccc12. The van der Waals surface area contributed by atoms with Crippen LogP contribution in [0.15, 0.2) is 66.7 Å². The van der Waals surface area contributed by atoms with E-state index in [0.717, 1.165) is 12.2 Å². The largest absolute Gasteiger partial charge is 0.312 e. The third-order valence-electron chi connectivity index (χ3n) is 5.35. The molecule has 1 amide bonds. The Morgan fingerprint density at radius 1 is 1.07 bits per heavy atom. The molecule has 1 unspecified atom stereocenters. The molecule has 0 saturated carbocycles. The minimum absolute atomic E-state index is 0.103. The molecule has 1 N–H and O–H groups in total. The Hall–Kier alpha value is -2.72. The highest BCUT2D eigenvalue weighted by atomic mass is 19.1. The summed E-state index contributed by atoms with van der Waals surface area (Å²) in [4.78, 5) is 14.1. The number of carbonyl (C=O) groups excluding carboxylic acids is 1. The summed E-state index contributed by atoms with van der Waals surface area (Å²) in [5, 5.41) is 6.09. The highest BCUT2D eigenvalue weighted by molar-refractivity contribution is 5.95. The van der Waals surface area contributed by atoms with Gasteiger partial charge in [0.25, 0.3) is 0 Å². The second-order valence-corrected chi connectivity index (χ2v) is 7.25. The van der Waals surface area contributed by atoms with Crippen LogP contribution >= 0.6 is 0 Å². The zero-order valence-corrected chi connectivity index (χ0v) is 15.4. The number of carbonyl (C=O) groups is 1. The lowest BCUT2D eigenvalue weighted by atomic mass is 9.99. The van der Waals surface area contributed by atoms with E-state index in [1.807, 2.05) is 0 Å². The number of amides is 1. The molecule has 4 heteroatoms. The molecule has 1 aliphatic heterocycles. The summed E-state index contributed by atoms with van der Waals surface area (Å²) in [6, 6.07) is 21.1. The van der Waals surface area contributed by atoms with Crippen LogP contribution in [0.5, 0.6) is 0 Å². The molecule has 0 spiro atoms. The zero-order valence-electron chi connectivity index (χ0n) is 15.4. The first-order valence-corrected chi connectivity index (χ1v) is 9.39. The average molecular weight is 362 g/mol. The van der Waals surface area contributed by atoms with Gasteiger partial charge in [0.15, 0.2) is 0 Å². The van der Waals surface area contributed by atoms with Gasteiger partial charge in [-0.05, 0) is 53.4 Å². The lowest BCUT2D eigenvalue weighted by Gasteiger charge is -2.20. The van der Waals surface area contributed by atoms with Gasteiger partial charge in [-0.1, -0.05) is 42.5 Å². The minimum Gasteiger partial charge on any atom is -0.312 e. The molecule has 1 heterocycles. The smallest absolute Gasteiger partial charge is 0.227 e. The highest BCUT2D eigenvalue weighted by Crippen LogP contribution is 2.27. The van der Waals surface area contributed by atoms with Crippen molar-refractivity contribution in [1.29, 1.82) is 0 Å². The second kappa shape index (κ2) is 7.49. The standard InChI is InChI=1S/C23H23FN2O/c1-16(21-8-4-6-18-5-2-3-7-22(18)21)25-14-17-13-23(27)26(15-17)20-11-9-19(24)10-12-20/h2-12,16-17,25H,13-15H2,1H3/t16-,17?/m1/s1. The monoisotopic (exact) mass is 362 g/mol. The number of halogens is 1. The number of anilines is 1. The van der Waals surface area contributed by atoms with Crippen molar-refractivity contribution in [2.45, 2.75) is 19.4 Å². The predicted molar refractivity (Wildman–Crippen MR) is 107 cm³/mol. The quantitative estimate of drug-likeness (QED) is 0.715. The zero-order chi connectivity index (χ0) is 18.8. The normalized spacial score (nSPS) is 18.2. The van der Waals surface area contributed by atoms with Gasteiger partial charge >= 0.3 is 0 Å². The Balaban J connectivity index is 1.41. The molecular formula is C23H23FN2O. The Kier molecular flexibility index (Phi) is 4.90. The summed E-state index contributed by atoms with van der Waals surface area (Å²) >= 11 is 0. The molecule has 138 valence electrons. The molecule has 3 aromatic carbocycles. The minimum atomic E-state index is -0.285. The van der Waals surface area contributed by atoms with E-state index in [0.29, 0.717) is 13.0 Å². The van der Waals surface area contributed by atoms with Crippen LogP contribution in [0.2, 0.25) is 0 Å². The van der Waals surface area contributed by atoms with E-state index in [1.165, 1.54) is 28.5 Å². The number of nitrogens with one attached hydrogen (secondary N) is 1. The van der Waals surface area contributed by atoms with Gasteiger partial charge in [-0.25, -0.2) is 4.39 Å². The van der Waals surface area contributed by atoms with Gasteiger partial charge in [-0.15, -0.1) is 0 Å². The van der Waals surface area contributed by atoms with Gasteiger partial charge < -0.3 is 10.2 Å². The van der Waals surface area contributed by atoms with Gasteiger partial charge in [-0.3, -0.25) is 4.79 Å². The molecule has 2 atom stereocenters. The molecule has 1 aliphatic rings. The van der Waals surface area contributed by atoms with E-state index in [-0.39, 0.29) is 23.7 Å². The molecule has 3 aromatic rings. The van der Waals surface area contributed by atoms with E-state index in [2.05, 4.69) is 54.7 Å². The van der Waals surface area contributed by atoms with Crippen molar-refractivity contribution in [2.75, 3.05) is 18.0 Å². The molecule has 1 saturated heterocycles. The molecule has 4 rings (SSSR count). The molecule has 0 aliphatic carbocycles. The van der Waals surface area contributed by atoms with Crippen molar-refractivity contribution in [2.24, 2.45) is 5.92 Å². The van der Waals surface area contributed by atoms with Crippen LogP contribution in [0.3, 0.4) is 0 Å². The maximum atomic E-state index is 13.1. The van der Waals surface area contributed by atoms with E-state index < -0.39 is 0 Å². The van der Waals surface area contributed by atoms with Crippen LogP contribution in [0.25, 0.3) is 10.8 Å². The van der Waals surface area contributed by atoms with Crippen LogP contribution in [-0.2, 0) is 4.79 Å². The summed E-state index contributed by atoms with van der Waals surface area (Å²) in [5.74, 6) is 0.0683. The topological polar surface area (TPSA) is 32.3 Å². The van der Waals surface area contributed by atoms with E-state index >= 15 is 0 Å². The van der Waals surface area contributed by atoms with Crippen LogP contribution in [-0.4, -0.2) is 19.0 Å². The number of nitrogens with zero attached hydrogens (tertiary/aromatic N) is 1. The van der Waals surface area contributed by atoms with Crippen molar-refractivity contribution < 1.29 is 9.18 Å². The summed E-state index contributed by atoms with van der Waals surface area (Å²) < 4.78 is 13.1. The number of hydrogen-bond donors (Lipinski definition) is 1. The van der Waals surface area contributed by atoms with Crippen molar-refractivity contribution in [1.82, 2.24) is 5.32 Å². The lowest BCUT2D eigenvalue weighted by molar-refractivity contribution is -0.117. The number of benzene rings is 3. The lowest BCUT2D eigenvalue weighted by Crippen LogP contribution is -2.29. The molecule has 1 fully saturated rings. The third kappa shape index (κ3) is 3.71. The number of hydrogen-bond acceptors (Lipinski definition) is 2. The average Bonchev–Trinajstić information content (AvgIpc) is 3.07. The van der Waals surface area contributed by atoms with Crippen LogP contribution in [0.4, 0.5) is 10.1 Å². The number of fused-ring (bicyclic) bond motifs is 1. The van der Waals surface area contributed by atoms with Crippen LogP contribution in [0, 0.1) is 11.7 Å². The third-order valence-corrected chi connectivity index (χ3v) is 5.35. The maximum absolute atomic E-state index is 13.1. The summed E-state index contributed by atoms with van der Waals surface area (Å²) in [5.41, 5.74) is 2.04. The summed E-state index contributed by atoms with van der Waals surface area (Å²) in [7, 11) is 0. The predicted octanol–water partition coefficient (Wildman–Crippen LogP) is 4.68. The van der Waals surface area contributed by atoms with E-state index in [4.69, 9.17) is 0 Å². The summed E-state index contributed by atoms with van der Waals surface area (Å²) in [6.45, 7) is 3.60. The van der Waals surface area contributed by atoms with E-state index in [1.54, 1.807) is 17.0 Å². The highest BCUT2D eigenvalue weighted by Gasteiger charge is 2.30. The Labute approximate surface area is 158 Å². The first-order valence-electron chi connectivity index (χ1n) is 9.39. The first-order chi connectivity index (χ1) is 13.1. The Morgan fingerprint density at radius 2 is 1.81 bits per heavy atom. The van der Waals surface area contributed by atoms with Gasteiger partial charge in [0.05, 0.1) is 0 Å². The fourth-order valence-electron chi connectivity index (χ4n) is 3.87. The Morgan fingerprint density at radius 3 is 2.63 bits per heavy atom. The molecule has 0 aromatic heterocycles. The number of rotatable bonds is 5. The molecule has 3 nitrogen and oxygen atoms in total. The molecule has 0 radical (unpaired) electrons. The summed E-state index contributed by atoms with van der Waals surface area (Å²) in [6.07, 6.45) is 0.520. The van der Waals surface area contributed by atoms with Crippen molar-refractivity contribution in [3.63, 3.8) is 0 Å². The second-order valence-electron chi connectivity index (χ2n) is 7.25. The molecule has 0 bridgehead atoms. The van der Waals surface area contributed by atoms with Gasteiger partial charge in [0.2, 0.25) is 5.91 Å². The van der Waals surface area contributed by atoms with Gasteiger partial charge in [0.1, 0.15) is 5.82 Å². The molecule has 27 heavy (non-hydrogen) atoms. The van der Waals surface area contributed by atoms with Gasteiger partial charge in [0, 0.05) is 31.2 Å². The van der Waals surface area contributed by atoms with Gasteiger partial charge in [-0.2, -0.15) is 0 Å². The van der Waals surface area contributed by atoms with Crippen molar-refractivity contribution in [3.05, 3.63) is 78.1 Å². The van der Waals surface area contributed by atoms with Crippen LogP contribution in [0.1, 0.15) is 24.9 Å².